The first-order valence-corrected chi connectivity index (χ1v) is 6.68. The second-order valence-corrected chi connectivity index (χ2v) is 6.06. The van der Waals surface area contributed by atoms with Crippen molar-refractivity contribution in [2.45, 2.75) is 37.6 Å². The van der Waals surface area contributed by atoms with Crippen molar-refractivity contribution in [1.29, 1.82) is 0 Å². The van der Waals surface area contributed by atoms with Crippen LogP contribution in [0, 0.1) is 11.3 Å². The third-order valence-electron chi connectivity index (χ3n) is 5.43. The van der Waals surface area contributed by atoms with Crippen LogP contribution in [0.2, 0.25) is 0 Å². The molecule has 0 radical (unpaired) electrons. The lowest BCUT2D eigenvalue weighted by Crippen LogP contribution is -2.64. The Balaban J connectivity index is 2.17. The standard InChI is InChI=1S/C13H19NO6/c1-7-14-9(16)12(4-8(12)5-15)11(2,18)13(14,6-20-7)10(17)19-3/h7-8,15,18H,4-6H2,1-3H3/t7-,8-,11+,12?,13+/m1/s1. The van der Waals surface area contributed by atoms with Gasteiger partial charge in [-0.1, -0.05) is 0 Å². The van der Waals surface area contributed by atoms with Gasteiger partial charge in [0.2, 0.25) is 5.91 Å². The van der Waals surface area contributed by atoms with Crippen molar-refractivity contribution in [3.63, 3.8) is 0 Å². The van der Waals surface area contributed by atoms with Crippen LogP contribution in [0.5, 0.6) is 0 Å². The van der Waals surface area contributed by atoms with E-state index in [0.717, 1.165) is 0 Å². The first-order valence-electron chi connectivity index (χ1n) is 6.68. The number of fused-ring (bicyclic) bond motifs is 1. The quantitative estimate of drug-likeness (QED) is 0.623. The number of nitrogens with zero attached hydrogens (tertiary/aromatic N) is 1. The molecule has 7 nitrogen and oxygen atoms in total. The lowest BCUT2D eigenvalue weighted by molar-refractivity contribution is -0.167. The molecule has 112 valence electrons. The average molecular weight is 285 g/mol. The highest BCUT2D eigenvalue weighted by Gasteiger charge is 2.86. The number of amides is 1. The van der Waals surface area contributed by atoms with Crippen molar-refractivity contribution in [1.82, 2.24) is 4.90 Å². The lowest BCUT2D eigenvalue weighted by Gasteiger charge is -2.38. The maximum atomic E-state index is 12.8. The molecule has 2 aliphatic heterocycles. The van der Waals surface area contributed by atoms with Gasteiger partial charge in [-0.2, -0.15) is 0 Å². The Labute approximate surface area is 116 Å². The summed E-state index contributed by atoms with van der Waals surface area (Å²) in [5.74, 6) is -1.35. The minimum Gasteiger partial charge on any atom is -0.467 e. The number of esters is 1. The summed E-state index contributed by atoms with van der Waals surface area (Å²) in [5.41, 5.74) is -4.27. The summed E-state index contributed by atoms with van der Waals surface area (Å²) < 4.78 is 10.2. The number of carbonyl (C=O) groups is 2. The SMILES string of the molecule is COC(=O)[C@]12CO[C@H](C)N1C(=O)C1(C[C@@H]1CO)[C@]2(C)O. The Kier molecular flexibility index (Phi) is 2.56. The number of hydrogen-bond donors (Lipinski definition) is 2. The summed E-state index contributed by atoms with van der Waals surface area (Å²) >= 11 is 0. The van der Waals surface area contributed by atoms with Gasteiger partial charge in [-0.15, -0.1) is 0 Å². The van der Waals surface area contributed by atoms with E-state index in [1.54, 1.807) is 6.92 Å². The van der Waals surface area contributed by atoms with Crippen molar-refractivity contribution >= 4 is 11.9 Å². The molecular weight excluding hydrogens is 266 g/mol. The molecule has 3 fully saturated rings. The smallest absolute Gasteiger partial charge is 0.337 e. The van der Waals surface area contributed by atoms with E-state index in [1.807, 2.05) is 0 Å². The van der Waals surface area contributed by atoms with E-state index in [2.05, 4.69) is 0 Å². The molecule has 3 aliphatic rings. The van der Waals surface area contributed by atoms with Gasteiger partial charge < -0.3 is 19.7 Å². The molecule has 2 heterocycles. The van der Waals surface area contributed by atoms with E-state index in [1.165, 1.54) is 18.9 Å². The van der Waals surface area contributed by atoms with E-state index in [0.29, 0.717) is 6.42 Å². The molecule has 1 unspecified atom stereocenters. The maximum Gasteiger partial charge on any atom is 0.337 e. The molecule has 0 aromatic carbocycles. The van der Waals surface area contributed by atoms with E-state index < -0.39 is 28.8 Å². The number of carbonyl (C=O) groups excluding carboxylic acids is 2. The highest BCUT2D eigenvalue weighted by Crippen LogP contribution is 2.69. The maximum absolute atomic E-state index is 12.8. The number of ether oxygens (including phenoxy) is 2. The molecule has 1 saturated carbocycles. The van der Waals surface area contributed by atoms with Crippen molar-refractivity contribution < 1.29 is 29.3 Å². The molecule has 5 atom stereocenters. The summed E-state index contributed by atoms with van der Waals surface area (Å²) in [4.78, 5) is 26.4. The van der Waals surface area contributed by atoms with E-state index in [-0.39, 0.29) is 25.0 Å². The van der Waals surface area contributed by atoms with Crippen molar-refractivity contribution in [2.75, 3.05) is 20.3 Å². The summed E-state index contributed by atoms with van der Waals surface area (Å²) in [7, 11) is 1.22. The lowest BCUT2D eigenvalue weighted by atomic mass is 9.73. The monoisotopic (exact) mass is 285 g/mol. The van der Waals surface area contributed by atoms with Crippen LogP contribution < -0.4 is 0 Å². The molecule has 2 N–H and O–H groups in total. The van der Waals surface area contributed by atoms with E-state index >= 15 is 0 Å². The third-order valence-corrected chi connectivity index (χ3v) is 5.43. The van der Waals surface area contributed by atoms with Gasteiger partial charge >= 0.3 is 5.97 Å². The predicted octanol–water partition coefficient (Wildman–Crippen LogP) is -1.13. The molecule has 0 bridgehead atoms. The largest absolute Gasteiger partial charge is 0.467 e. The van der Waals surface area contributed by atoms with Crippen LogP contribution in [0.25, 0.3) is 0 Å². The van der Waals surface area contributed by atoms with Gasteiger partial charge in [-0.25, -0.2) is 4.79 Å². The van der Waals surface area contributed by atoms with Crippen LogP contribution in [-0.2, 0) is 19.1 Å². The zero-order valence-corrected chi connectivity index (χ0v) is 11.8. The van der Waals surface area contributed by atoms with Gasteiger partial charge in [-0.3, -0.25) is 9.69 Å². The number of hydrogen-bond acceptors (Lipinski definition) is 6. The predicted molar refractivity (Wildman–Crippen MR) is 65.3 cm³/mol. The molecule has 2 saturated heterocycles. The van der Waals surface area contributed by atoms with Gasteiger partial charge in [0.05, 0.1) is 19.1 Å². The van der Waals surface area contributed by atoms with Crippen LogP contribution in [0.3, 0.4) is 0 Å². The third kappa shape index (κ3) is 1.10. The van der Waals surface area contributed by atoms with Gasteiger partial charge in [0.15, 0.2) is 5.54 Å². The Hall–Kier alpha value is -1.18. The van der Waals surface area contributed by atoms with Crippen LogP contribution in [0.1, 0.15) is 20.3 Å². The number of aliphatic hydroxyl groups excluding tert-OH is 1. The second-order valence-electron chi connectivity index (χ2n) is 6.06. The molecule has 7 heteroatoms. The summed E-state index contributed by atoms with van der Waals surface area (Å²) in [6.07, 6.45) is -0.232. The summed E-state index contributed by atoms with van der Waals surface area (Å²) in [6.45, 7) is 2.84. The van der Waals surface area contributed by atoms with E-state index in [9.17, 15) is 19.8 Å². The Bertz CT molecular complexity index is 491. The zero-order chi connectivity index (χ0) is 14.9. The Morgan fingerprint density at radius 2 is 2.25 bits per heavy atom. The summed E-state index contributed by atoms with van der Waals surface area (Å²) in [5, 5.41) is 20.4. The normalized spacial score (nSPS) is 49.6. The van der Waals surface area contributed by atoms with E-state index in [4.69, 9.17) is 9.47 Å². The average Bonchev–Trinajstić information content (AvgIpc) is 3.04. The minimum absolute atomic E-state index is 0.0977. The first-order chi connectivity index (χ1) is 9.31. The van der Waals surface area contributed by atoms with Crippen molar-refractivity contribution in [3.8, 4) is 0 Å². The fourth-order valence-electron chi connectivity index (χ4n) is 4.13. The number of rotatable bonds is 2. The van der Waals surface area contributed by atoms with Crippen LogP contribution >= 0.6 is 0 Å². The minimum atomic E-state index is -1.64. The first kappa shape index (κ1) is 13.8. The Morgan fingerprint density at radius 1 is 1.60 bits per heavy atom. The number of aliphatic hydroxyl groups is 2. The van der Waals surface area contributed by atoms with Crippen LogP contribution in [-0.4, -0.2) is 64.7 Å². The van der Waals surface area contributed by atoms with Gasteiger partial charge in [0.25, 0.3) is 0 Å². The second kappa shape index (κ2) is 3.72. The molecule has 0 aromatic heterocycles. The highest BCUT2D eigenvalue weighted by atomic mass is 16.6. The van der Waals surface area contributed by atoms with Gasteiger partial charge in [0.1, 0.15) is 11.8 Å². The molecule has 1 aliphatic carbocycles. The highest BCUT2D eigenvalue weighted by molar-refractivity contribution is 6.01. The number of methoxy groups -OCH3 is 1. The fourth-order valence-corrected chi connectivity index (χ4v) is 4.13. The summed E-state index contributed by atoms with van der Waals surface area (Å²) in [6, 6.07) is 0. The fraction of sp³-hybridized carbons (Fsp3) is 0.846. The molecule has 0 aromatic rings. The van der Waals surface area contributed by atoms with Crippen LogP contribution in [0.4, 0.5) is 0 Å². The molecule has 1 amide bonds. The molecule has 3 rings (SSSR count). The topological polar surface area (TPSA) is 96.3 Å². The molecule has 20 heavy (non-hydrogen) atoms. The zero-order valence-electron chi connectivity index (χ0n) is 11.8. The van der Waals surface area contributed by atoms with Crippen LogP contribution in [0.15, 0.2) is 0 Å². The Morgan fingerprint density at radius 3 is 2.75 bits per heavy atom. The molecular formula is C13H19NO6. The molecule has 1 spiro atoms. The van der Waals surface area contributed by atoms with Gasteiger partial charge in [0, 0.05) is 12.5 Å². The van der Waals surface area contributed by atoms with Crippen molar-refractivity contribution in [3.05, 3.63) is 0 Å². The van der Waals surface area contributed by atoms with Crippen molar-refractivity contribution in [2.24, 2.45) is 11.3 Å². The van der Waals surface area contributed by atoms with Gasteiger partial charge in [-0.05, 0) is 20.3 Å².